The lowest BCUT2D eigenvalue weighted by Crippen LogP contribution is -2.53. The predicted octanol–water partition coefficient (Wildman–Crippen LogP) is -1.35. The molecule has 92 valence electrons. The van der Waals surface area contributed by atoms with Crippen molar-refractivity contribution in [1.29, 1.82) is 0 Å². The Hall–Kier alpha value is -2.11. The Balaban J connectivity index is 4.92. The van der Waals surface area contributed by atoms with E-state index in [0.717, 1.165) is 0 Å². The summed E-state index contributed by atoms with van der Waals surface area (Å²) >= 11 is 0. The number of hydrogen-bond donors (Lipinski definition) is 1. The molecule has 0 aliphatic heterocycles. The maximum absolute atomic E-state index is 13.1. The minimum atomic E-state index is -4.18. The number of aliphatic hydroxyl groups is 1. The van der Waals surface area contributed by atoms with Gasteiger partial charge in [-0.2, -0.15) is 0 Å². The lowest BCUT2D eigenvalue weighted by Gasteiger charge is -2.14. The van der Waals surface area contributed by atoms with E-state index >= 15 is 0 Å². The van der Waals surface area contributed by atoms with Crippen LogP contribution in [0, 0.1) is 30.3 Å². The Kier molecular flexibility index (Phi) is 4.43. The van der Waals surface area contributed by atoms with Gasteiger partial charge < -0.3 is 5.11 Å². The first-order chi connectivity index (χ1) is 7.25. The summed E-state index contributed by atoms with van der Waals surface area (Å²) in [5.41, 5.74) is 0. The van der Waals surface area contributed by atoms with Crippen LogP contribution in [0.4, 0.5) is 4.39 Å². The van der Waals surface area contributed by atoms with E-state index in [-0.39, 0.29) is 5.01 Å². The molecule has 16 heavy (non-hydrogen) atoms. The Bertz CT molecular complexity index is 295. The van der Waals surface area contributed by atoms with Gasteiger partial charge in [0, 0.05) is 0 Å². The molecule has 1 N–H and O–H groups in total. The van der Waals surface area contributed by atoms with Gasteiger partial charge >= 0.3 is 5.92 Å². The van der Waals surface area contributed by atoms with Crippen molar-refractivity contribution < 1.29 is 24.4 Å². The van der Waals surface area contributed by atoms with Crippen LogP contribution in [-0.4, -0.2) is 50.6 Å². The van der Waals surface area contributed by atoms with E-state index in [9.17, 15) is 34.7 Å². The molecule has 0 bridgehead atoms. The highest BCUT2D eigenvalue weighted by Crippen LogP contribution is 2.15. The standard InChI is InChI=1S/C4H7FN4O7/c5-4(7(11)12,8(13)14)3-6(1-2-10)9(15)16/h10H,1-3H2. The Labute approximate surface area is 86.5 Å². The Morgan fingerprint density at radius 2 is 1.62 bits per heavy atom. The second kappa shape index (κ2) is 5.11. The fourth-order valence-electron chi connectivity index (χ4n) is 0.748. The van der Waals surface area contributed by atoms with Gasteiger partial charge in [-0.1, -0.05) is 4.39 Å². The summed E-state index contributed by atoms with van der Waals surface area (Å²) in [7, 11) is 0. The highest BCUT2D eigenvalue weighted by molar-refractivity contribution is 4.56. The van der Waals surface area contributed by atoms with Gasteiger partial charge in [-0.3, -0.25) is 20.2 Å². The first-order valence-electron chi connectivity index (χ1n) is 3.73. The van der Waals surface area contributed by atoms with Crippen LogP contribution in [0.15, 0.2) is 0 Å². The quantitative estimate of drug-likeness (QED) is 0.248. The lowest BCUT2D eigenvalue weighted by molar-refractivity contribution is -0.841. The van der Waals surface area contributed by atoms with Crippen molar-refractivity contribution in [2.24, 2.45) is 0 Å². The normalized spacial score (nSPS) is 10.9. The molecule has 0 aliphatic rings. The molecule has 0 saturated heterocycles. The molecule has 0 aliphatic carbocycles. The number of nitrogens with zero attached hydrogens (tertiary/aromatic N) is 4. The first kappa shape index (κ1) is 13.9. The van der Waals surface area contributed by atoms with Crippen molar-refractivity contribution >= 4 is 0 Å². The third kappa shape index (κ3) is 2.94. The predicted molar refractivity (Wildman–Crippen MR) is 43.5 cm³/mol. The summed E-state index contributed by atoms with van der Waals surface area (Å²) in [6, 6.07) is 0. The number of alkyl halides is 1. The minimum Gasteiger partial charge on any atom is -0.394 e. The van der Waals surface area contributed by atoms with E-state index in [1.54, 1.807) is 0 Å². The zero-order chi connectivity index (χ0) is 12.9. The van der Waals surface area contributed by atoms with E-state index in [0.29, 0.717) is 0 Å². The van der Waals surface area contributed by atoms with Crippen molar-refractivity contribution in [2.75, 3.05) is 19.7 Å². The molecule has 0 aromatic rings. The van der Waals surface area contributed by atoms with Crippen LogP contribution < -0.4 is 0 Å². The van der Waals surface area contributed by atoms with E-state index in [1.807, 2.05) is 0 Å². The molecule has 12 heteroatoms. The summed E-state index contributed by atoms with van der Waals surface area (Å²) in [5.74, 6) is -4.18. The second-order valence-corrected chi connectivity index (χ2v) is 2.58. The fraction of sp³-hybridized carbons (Fsp3) is 1.00. The van der Waals surface area contributed by atoms with E-state index < -0.39 is 40.5 Å². The molecular weight excluding hydrogens is 235 g/mol. The van der Waals surface area contributed by atoms with Gasteiger partial charge in [0.15, 0.2) is 5.03 Å². The zero-order valence-electron chi connectivity index (χ0n) is 7.68. The van der Waals surface area contributed by atoms with Crippen molar-refractivity contribution in [1.82, 2.24) is 5.01 Å². The molecule has 0 radical (unpaired) electrons. The summed E-state index contributed by atoms with van der Waals surface area (Å²) in [4.78, 5) is 26.7. The number of hydrazine groups is 1. The van der Waals surface area contributed by atoms with Crippen LogP contribution in [0.5, 0.6) is 0 Å². The van der Waals surface area contributed by atoms with Gasteiger partial charge in [0.25, 0.3) is 6.54 Å². The largest absolute Gasteiger partial charge is 0.637 e. The molecule has 0 unspecified atom stereocenters. The van der Waals surface area contributed by atoms with Crippen LogP contribution in [-0.2, 0) is 0 Å². The number of hydrogen-bond acceptors (Lipinski definition) is 7. The van der Waals surface area contributed by atoms with Crippen LogP contribution >= 0.6 is 0 Å². The minimum absolute atomic E-state index is 0.147. The van der Waals surface area contributed by atoms with Crippen LogP contribution in [0.3, 0.4) is 0 Å². The third-order valence-electron chi connectivity index (χ3n) is 1.53. The molecule has 0 heterocycles. The SMILES string of the molecule is O=[N+]([O-])N(CCO)CC(F)([N+](=O)[O-])[N+](=O)[O-]. The lowest BCUT2D eigenvalue weighted by atomic mass is 10.4. The molecule has 0 aromatic carbocycles. The van der Waals surface area contributed by atoms with Crippen molar-refractivity contribution in [2.45, 2.75) is 5.92 Å². The number of nitro groups is 3. The number of halogens is 1. The summed E-state index contributed by atoms with van der Waals surface area (Å²) in [5, 5.41) is 37.4. The molecule has 0 spiro atoms. The van der Waals surface area contributed by atoms with E-state index in [1.165, 1.54) is 0 Å². The van der Waals surface area contributed by atoms with Gasteiger partial charge in [-0.15, -0.1) is 5.01 Å². The molecular formula is C4H7FN4O7. The molecule has 0 aromatic heterocycles. The topological polar surface area (TPSA) is 153 Å². The summed E-state index contributed by atoms with van der Waals surface area (Å²) in [6.07, 6.45) is 0. The highest BCUT2D eigenvalue weighted by Gasteiger charge is 2.61. The average Bonchev–Trinajstić information content (AvgIpc) is 2.15. The fourth-order valence-corrected chi connectivity index (χ4v) is 0.748. The molecule has 0 amide bonds. The molecule has 11 nitrogen and oxygen atoms in total. The van der Waals surface area contributed by atoms with Crippen molar-refractivity contribution in [3.05, 3.63) is 30.3 Å². The summed E-state index contributed by atoms with van der Waals surface area (Å²) in [6.45, 7) is -3.26. The molecule has 0 rings (SSSR count). The zero-order valence-corrected chi connectivity index (χ0v) is 7.68. The first-order valence-corrected chi connectivity index (χ1v) is 3.73. The van der Waals surface area contributed by atoms with Gasteiger partial charge in [-0.25, -0.2) is 10.1 Å². The van der Waals surface area contributed by atoms with Gasteiger partial charge in [-0.05, 0) is 0 Å². The molecule has 0 saturated carbocycles. The maximum Gasteiger partial charge on any atom is 0.637 e. The highest BCUT2D eigenvalue weighted by atomic mass is 19.2. The second-order valence-electron chi connectivity index (χ2n) is 2.58. The van der Waals surface area contributed by atoms with Gasteiger partial charge in [0.05, 0.1) is 6.61 Å². The van der Waals surface area contributed by atoms with Crippen LogP contribution in [0.25, 0.3) is 0 Å². The number of rotatable bonds is 7. The third-order valence-corrected chi connectivity index (χ3v) is 1.53. The average molecular weight is 242 g/mol. The Morgan fingerprint density at radius 3 is 1.88 bits per heavy atom. The van der Waals surface area contributed by atoms with Crippen molar-refractivity contribution in [3.8, 4) is 0 Å². The monoisotopic (exact) mass is 242 g/mol. The van der Waals surface area contributed by atoms with Crippen LogP contribution in [0.1, 0.15) is 0 Å². The van der Waals surface area contributed by atoms with Crippen molar-refractivity contribution in [3.63, 3.8) is 0 Å². The molecule has 0 fully saturated rings. The summed E-state index contributed by atoms with van der Waals surface area (Å²) < 4.78 is 13.1. The van der Waals surface area contributed by atoms with E-state index in [4.69, 9.17) is 5.11 Å². The Morgan fingerprint density at radius 1 is 1.19 bits per heavy atom. The van der Waals surface area contributed by atoms with Crippen LogP contribution in [0.2, 0.25) is 0 Å². The smallest absolute Gasteiger partial charge is 0.394 e. The van der Waals surface area contributed by atoms with E-state index in [2.05, 4.69) is 0 Å². The number of aliphatic hydroxyl groups excluding tert-OH is 1. The van der Waals surface area contributed by atoms with Gasteiger partial charge in [0.2, 0.25) is 0 Å². The maximum atomic E-state index is 13.1. The van der Waals surface area contributed by atoms with Gasteiger partial charge in [0.1, 0.15) is 16.4 Å². The molecule has 0 atom stereocenters.